The molecule has 0 spiro atoms. The first kappa shape index (κ1) is 25.1. The van der Waals surface area contributed by atoms with Crippen molar-refractivity contribution in [3.63, 3.8) is 0 Å². The van der Waals surface area contributed by atoms with Crippen LogP contribution in [0.4, 0.5) is 4.79 Å². The van der Waals surface area contributed by atoms with Crippen LogP contribution in [0, 0.1) is 5.41 Å². The predicted octanol–water partition coefficient (Wildman–Crippen LogP) is 4.60. The van der Waals surface area contributed by atoms with Crippen LogP contribution in [0.1, 0.15) is 62.4 Å². The van der Waals surface area contributed by atoms with Crippen molar-refractivity contribution in [2.75, 3.05) is 6.61 Å². The quantitative estimate of drug-likeness (QED) is 0.436. The van der Waals surface area contributed by atoms with E-state index in [4.69, 9.17) is 20.4 Å². The van der Waals surface area contributed by atoms with Crippen LogP contribution < -0.4 is 10.0 Å². The summed E-state index contributed by atoms with van der Waals surface area (Å²) in [6, 6.07) is 7.50. The Morgan fingerprint density at radius 1 is 1.26 bits per heavy atom. The minimum atomic E-state index is -4.28. The van der Waals surface area contributed by atoms with Gasteiger partial charge in [-0.05, 0) is 68.9 Å². The summed E-state index contributed by atoms with van der Waals surface area (Å²) in [7, 11) is -4.28. The molecule has 1 fully saturated rings. The van der Waals surface area contributed by atoms with Gasteiger partial charge in [0.1, 0.15) is 5.52 Å². The lowest BCUT2D eigenvalue weighted by Gasteiger charge is -2.45. The van der Waals surface area contributed by atoms with Gasteiger partial charge in [0, 0.05) is 17.0 Å². The number of amides is 2. The smallest absolute Gasteiger partial charge is 0.421 e. The Morgan fingerprint density at radius 3 is 2.71 bits per heavy atom. The summed E-state index contributed by atoms with van der Waals surface area (Å²) in [6.45, 7) is 5.57. The average molecular weight is 524 g/mol. The number of nitrogens with zero attached hydrogens (tertiary/aromatic N) is 1. The van der Waals surface area contributed by atoms with Gasteiger partial charge in [-0.1, -0.05) is 18.5 Å². The summed E-state index contributed by atoms with van der Waals surface area (Å²) < 4.78 is 41.7. The highest BCUT2D eigenvalue weighted by Crippen LogP contribution is 2.53. The van der Waals surface area contributed by atoms with Crippen molar-refractivity contribution in [1.82, 2.24) is 15.0 Å². The van der Waals surface area contributed by atoms with E-state index >= 15 is 0 Å². The van der Waals surface area contributed by atoms with Gasteiger partial charge in [0.15, 0.2) is 17.2 Å². The number of rotatable bonds is 8. The van der Waals surface area contributed by atoms with Crippen LogP contribution in [0.3, 0.4) is 0 Å². The molecule has 3 aromatic rings. The van der Waals surface area contributed by atoms with Gasteiger partial charge in [-0.15, -0.1) is 0 Å². The van der Waals surface area contributed by atoms with Crippen LogP contribution in [-0.4, -0.2) is 38.1 Å². The van der Waals surface area contributed by atoms with Gasteiger partial charge in [0.25, 0.3) is 15.9 Å². The second kappa shape index (κ2) is 9.54. The Morgan fingerprint density at radius 2 is 2.00 bits per heavy atom. The maximum Gasteiger partial charge on any atom is 0.421 e. The molecule has 1 aliphatic rings. The Hall–Kier alpha value is -3.05. The molecule has 35 heavy (non-hydrogen) atoms. The van der Waals surface area contributed by atoms with E-state index in [0.29, 0.717) is 22.9 Å². The molecule has 1 atom stereocenters. The molecule has 0 radical (unpaired) electrons. The maximum absolute atomic E-state index is 12.6. The van der Waals surface area contributed by atoms with Crippen molar-refractivity contribution in [3.8, 4) is 0 Å². The van der Waals surface area contributed by atoms with E-state index in [2.05, 4.69) is 22.0 Å². The normalized spacial score (nSPS) is 20.7. The first-order valence-corrected chi connectivity index (χ1v) is 13.0. The van der Waals surface area contributed by atoms with Crippen molar-refractivity contribution >= 4 is 44.7 Å². The summed E-state index contributed by atoms with van der Waals surface area (Å²) in [5.74, 6) is 0.157. The predicted molar refractivity (Wildman–Crippen MR) is 127 cm³/mol. The molecule has 12 heteroatoms. The molecule has 1 aromatic carbocycles. The SMILES string of the molecule is CCOC(=O)NS(=O)(=O)c1ccc(C(=O)N[C@@H](C)CC2(C)CC(c3nc4cc(Cl)ccc4o3)C2)o1. The first-order valence-electron chi connectivity index (χ1n) is 11.1. The Labute approximate surface area is 207 Å². The summed E-state index contributed by atoms with van der Waals surface area (Å²) >= 11 is 6.02. The molecular weight excluding hydrogens is 498 g/mol. The van der Waals surface area contributed by atoms with E-state index in [9.17, 15) is 18.0 Å². The molecular formula is C23H26ClN3O7S. The number of oxazole rings is 1. The minimum Gasteiger partial charge on any atom is -0.449 e. The average Bonchev–Trinajstić information content (AvgIpc) is 3.39. The summed E-state index contributed by atoms with van der Waals surface area (Å²) in [5.41, 5.74) is 1.42. The minimum absolute atomic E-state index is 0.00831. The third kappa shape index (κ3) is 5.62. The van der Waals surface area contributed by atoms with Crippen LogP contribution in [0.15, 0.2) is 44.3 Å². The van der Waals surface area contributed by atoms with Crippen molar-refractivity contribution in [2.24, 2.45) is 5.41 Å². The molecule has 4 rings (SSSR count). The number of furan rings is 1. The van der Waals surface area contributed by atoms with Gasteiger partial charge in [0.2, 0.25) is 5.09 Å². The first-order chi connectivity index (χ1) is 16.5. The van der Waals surface area contributed by atoms with Gasteiger partial charge in [-0.2, -0.15) is 8.42 Å². The number of carbonyl (C=O) groups excluding carboxylic acids is 2. The van der Waals surface area contributed by atoms with Crippen LogP contribution in [0.2, 0.25) is 5.02 Å². The molecule has 2 amide bonds. The molecule has 10 nitrogen and oxygen atoms in total. The number of carbonyl (C=O) groups is 2. The van der Waals surface area contributed by atoms with Crippen molar-refractivity contribution in [3.05, 3.63) is 47.0 Å². The second-order valence-corrected chi connectivity index (χ2v) is 11.2. The molecule has 2 aromatic heterocycles. The third-order valence-corrected chi connectivity index (χ3v) is 7.35. The number of sulfonamides is 1. The lowest BCUT2D eigenvalue weighted by Crippen LogP contribution is -2.41. The fourth-order valence-electron chi connectivity index (χ4n) is 4.56. The molecule has 1 saturated carbocycles. The van der Waals surface area contributed by atoms with Crippen LogP contribution in [-0.2, 0) is 14.8 Å². The van der Waals surface area contributed by atoms with E-state index in [1.165, 1.54) is 6.07 Å². The fraction of sp³-hybridized carbons (Fsp3) is 0.435. The zero-order valence-corrected chi connectivity index (χ0v) is 21.0. The molecule has 0 aliphatic heterocycles. The molecule has 2 N–H and O–H groups in total. The number of hydrogen-bond acceptors (Lipinski definition) is 8. The van der Waals surface area contributed by atoms with Gasteiger partial charge < -0.3 is 18.9 Å². The van der Waals surface area contributed by atoms with Gasteiger partial charge in [-0.3, -0.25) is 4.79 Å². The zero-order chi connectivity index (χ0) is 25.4. The Kier molecular flexibility index (Phi) is 6.83. The molecule has 0 unspecified atom stereocenters. The zero-order valence-electron chi connectivity index (χ0n) is 19.5. The van der Waals surface area contributed by atoms with Crippen LogP contribution in [0.25, 0.3) is 11.1 Å². The standard InChI is InChI=1S/C23H26ClN3O7S/c1-4-32-22(29)27-35(30,31)19-8-7-18(33-19)20(28)25-13(2)10-23(3)11-14(12-23)21-26-16-9-15(24)5-6-17(16)34-21/h5-9,13-14H,4,10-12H2,1-3H3,(H,25,28)(H,27,29)/t13-,14?,23?/m0/s1. The summed E-state index contributed by atoms with van der Waals surface area (Å²) in [4.78, 5) is 28.5. The third-order valence-electron chi connectivity index (χ3n) is 5.93. The molecule has 0 saturated heterocycles. The molecule has 2 heterocycles. The summed E-state index contributed by atoms with van der Waals surface area (Å²) in [6.07, 6.45) is 1.29. The van der Waals surface area contributed by atoms with E-state index in [1.807, 2.05) is 13.0 Å². The molecule has 188 valence electrons. The highest BCUT2D eigenvalue weighted by Gasteiger charge is 2.44. The van der Waals surface area contributed by atoms with Crippen molar-refractivity contribution < 1.29 is 31.6 Å². The number of hydrogen-bond donors (Lipinski definition) is 2. The largest absolute Gasteiger partial charge is 0.449 e. The van der Waals surface area contributed by atoms with Crippen molar-refractivity contribution in [2.45, 2.75) is 57.1 Å². The molecule has 0 bridgehead atoms. The van der Waals surface area contributed by atoms with Crippen molar-refractivity contribution in [1.29, 1.82) is 0 Å². The van der Waals surface area contributed by atoms with Crippen LogP contribution >= 0.6 is 11.6 Å². The van der Waals surface area contributed by atoms with Gasteiger partial charge in [0.05, 0.1) is 6.61 Å². The Bertz CT molecular complexity index is 1360. The topological polar surface area (TPSA) is 141 Å². The highest BCUT2D eigenvalue weighted by atomic mass is 35.5. The van der Waals surface area contributed by atoms with Gasteiger partial charge >= 0.3 is 6.09 Å². The van der Waals surface area contributed by atoms with Gasteiger partial charge in [-0.25, -0.2) is 14.5 Å². The number of nitrogens with one attached hydrogen (secondary N) is 2. The fourth-order valence-corrected chi connectivity index (χ4v) is 5.55. The molecule has 1 aliphatic carbocycles. The van der Waals surface area contributed by atoms with E-state index in [1.54, 1.807) is 23.8 Å². The monoisotopic (exact) mass is 523 g/mol. The second-order valence-electron chi connectivity index (χ2n) is 9.10. The lowest BCUT2D eigenvalue weighted by molar-refractivity contribution is 0.0756. The number of ether oxygens (including phenoxy) is 1. The number of aromatic nitrogens is 1. The number of halogens is 1. The number of benzene rings is 1. The lowest BCUT2D eigenvalue weighted by atomic mass is 9.60. The Balaban J connectivity index is 1.31. The van der Waals surface area contributed by atoms with Crippen LogP contribution in [0.5, 0.6) is 0 Å². The van der Waals surface area contributed by atoms with E-state index in [-0.39, 0.29) is 29.7 Å². The highest BCUT2D eigenvalue weighted by molar-refractivity contribution is 7.89. The summed E-state index contributed by atoms with van der Waals surface area (Å²) in [5, 5.41) is 2.89. The maximum atomic E-state index is 12.6. The van der Waals surface area contributed by atoms with E-state index < -0.39 is 27.1 Å². The van der Waals surface area contributed by atoms with E-state index in [0.717, 1.165) is 24.4 Å². The number of fused-ring (bicyclic) bond motifs is 1.